The zero-order valence-electron chi connectivity index (χ0n) is 9.38. The van der Waals surface area contributed by atoms with E-state index in [0.29, 0.717) is 0 Å². The minimum Gasteiger partial charge on any atom is -0.507 e. The molecule has 1 heterocycles. The van der Waals surface area contributed by atoms with Crippen LogP contribution < -0.4 is 0 Å². The van der Waals surface area contributed by atoms with Crippen molar-refractivity contribution in [3.8, 4) is 5.75 Å². The molecular formula is C13H14N2O. The molecule has 0 unspecified atom stereocenters. The highest BCUT2D eigenvalue weighted by Gasteiger charge is 1.99. The number of rotatable bonds is 2. The molecule has 0 aliphatic rings. The molecule has 0 bridgehead atoms. The Labute approximate surface area is 94.7 Å². The largest absolute Gasteiger partial charge is 0.507 e. The van der Waals surface area contributed by atoms with Gasteiger partial charge < -0.3 is 5.11 Å². The maximum atomic E-state index is 9.58. The van der Waals surface area contributed by atoms with Crippen molar-refractivity contribution in [2.45, 2.75) is 13.8 Å². The monoisotopic (exact) mass is 214 g/mol. The predicted molar refractivity (Wildman–Crippen MR) is 65.0 cm³/mol. The zero-order chi connectivity index (χ0) is 11.5. The van der Waals surface area contributed by atoms with Crippen molar-refractivity contribution in [2.75, 3.05) is 0 Å². The van der Waals surface area contributed by atoms with E-state index >= 15 is 0 Å². The molecule has 0 aliphatic heterocycles. The maximum Gasteiger partial charge on any atom is 0.124 e. The van der Waals surface area contributed by atoms with Crippen LogP contribution in [0.4, 0.5) is 0 Å². The molecule has 0 saturated carbocycles. The molecule has 0 saturated heterocycles. The Hall–Kier alpha value is -2.03. The Bertz CT molecular complexity index is 507. The van der Waals surface area contributed by atoms with Crippen LogP contribution in [0.1, 0.15) is 17.0 Å². The molecule has 1 N–H and O–H groups in total. The molecule has 0 aliphatic carbocycles. The minimum absolute atomic E-state index is 0.244. The lowest BCUT2D eigenvalue weighted by atomic mass is 10.2. The molecule has 0 radical (unpaired) electrons. The van der Waals surface area contributed by atoms with Gasteiger partial charge in [-0.25, -0.2) is 4.68 Å². The van der Waals surface area contributed by atoms with E-state index < -0.39 is 0 Å². The van der Waals surface area contributed by atoms with Crippen LogP contribution in [-0.4, -0.2) is 16.0 Å². The van der Waals surface area contributed by atoms with Gasteiger partial charge in [-0.1, -0.05) is 12.1 Å². The zero-order valence-corrected chi connectivity index (χ0v) is 9.38. The number of para-hydroxylation sites is 1. The van der Waals surface area contributed by atoms with Crippen molar-refractivity contribution >= 4 is 6.21 Å². The fourth-order valence-corrected chi connectivity index (χ4v) is 1.56. The number of phenolic OH excluding ortho intramolecular Hbond substituents is 1. The Morgan fingerprint density at radius 2 is 1.69 bits per heavy atom. The lowest BCUT2D eigenvalue weighted by Gasteiger charge is -2.01. The Kier molecular flexibility index (Phi) is 2.77. The lowest BCUT2D eigenvalue weighted by molar-refractivity contribution is 0.474. The number of hydrogen-bond donors (Lipinski definition) is 1. The van der Waals surface area contributed by atoms with E-state index in [2.05, 4.69) is 5.10 Å². The molecule has 0 fully saturated rings. The van der Waals surface area contributed by atoms with E-state index in [-0.39, 0.29) is 5.75 Å². The highest BCUT2D eigenvalue weighted by Crippen LogP contribution is 2.13. The van der Waals surface area contributed by atoms with Gasteiger partial charge in [-0.3, -0.25) is 0 Å². The van der Waals surface area contributed by atoms with Gasteiger partial charge in [0.15, 0.2) is 0 Å². The minimum atomic E-state index is 0.244. The van der Waals surface area contributed by atoms with E-state index in [1.165, 1.54) is 0 Å². The molecule has 2 rings (SSSR count). The molecule has 1 aromatic heterocycles. The Morgan fingerprint density at radius 1 is 1.06 bits per heavy atom. The van der Waals surface area contributed by atoms with Gasteiger partial charge in [0.25, 0.3) is 0 Å². The number of phenols is 1. The predicted octanol–water partition coefficient (Wildman–Crippen LogP) is 2.69. The van der Waals surface area contributed by atoms with Crippen LogP contribution in [0, 0.1) is 13.8 Å². The van der Waals surface area contributed by atoms with Crippen molar-refractivity contribution < 1.29 is 5.11 Å². The highest BCUT2D eigenvalue weighted by molar-refractivity contribution is 5.83. The highest BCUT2D eigenvalue weighted by atomic mass is 16.3. The van der Waals surface area contributed by atoms with Gasteiger partial charge >= 0.3 is 0 Å². The first kappa shape index (κ1) is 10.5. The van der Waals surface area contributed by atoms with E-state index in [4.69, 9.17) is 0 Å². The molecule has 2 aromatic rings. The summed E-state index contributed by atoms with van der Waals surface area (Å²) in [6, 6.07) is 11.2. The average Bonchev–Trinajstić information content (AvgIpc) is 2.58. The van der Waals surface area contributed by atoms with Crippen LogP contribution >= 0.6 is 0 Å². The number of aryl methyl sites for hydroxylation is 2. The Balaban J connectivity index is 2.32. The summed E-state index contributed by atoms with van der Waals surface area (Å²) in [6.45, 7) is 3.99. The summed E-state index contributed by atoms with van der Waals surface area (Å²) in [7, 11) is 0. The second-order valence-electron chi connectivity index (χ2n) is 3.73. The van der Waals surface area contributed by atoms with Gasteiger partial charge in [-0.15, -0.1) is 0 Å². The molecule has 82 valence electrons. The first-order chi connectivity index (χ1) is 7.68. The fourth-order valence-electron chi connectivity index (χ4n) is 1.56. The van der Waals surface area contributed by atoms with Crippen LogP contribution in [-0.2, 0) is 0 Å². The van der Waals surface area contributed by atoms with Crippen molar-refractivity contribution in [3.63, 3.8) is 0 Å². The van der Waals surface area contributed by atoms with Gasteiger partial charge in [-0.2, -0.15) is 5.10 Å². The van der Waals surface area contributed by atoms with Crippen LogP contribution in [0.15, 0.2) is 41.5 Å². The van der Waals surface area contributed by atoms with E-state index in [1.54, 1.807) is 18.3 Å². The van der Waals surface area contributed by atoms with Crippen LogP contribution in [0.5, 0.6) is 5.75 Å². The van der Waals surface area contributed by atoms with Crippen LogP contribution in [0.3, 0.4) is 0 Å². The first-order valence-electron chi connectivity index (χ1n) is 5.16. The normalized spacial score (nSPS) is 11.1. The van der Waals surface area contributed by atoms with Crippen LogP contribution in [0.25, 0.3) is 0 Å². The van der Waals surface area contributed by atoms with Gasteiger partial charge in [0, 0.05) is 17.0 Å². The maximum absolute atomic E-state index is 9.58. The summed E-state index contributed by atoms with van der Waals surface area (Å²) in [5.74, 6) is 0.244. The van der Waals surface area contributed by atoms with Gasteiger partial charge in [0.05, 0.1) is 6.21 Å². The SMILES string of the molecule is Cc1ccc(C)n1/N=C/c1ccccc1O. The summed E-state index contributed by atoms with van der Waals surface area (Å²) >= 11 is 0. The van der Waals surface area contributed by atoms with Crippen LogP contribution in [0.2, 0.25) is 0 Å². The Morgan fingerprint density at radius 3 is 2.31 bits per heavy atom. The van der Waals surface area contributed by atoms with Gasteiger partial charge in [-0.05, 0) is 38.1 Å². The summed E-state index contributed by atoms with van der Waals surface area (Å²) in [5, 5.41) is 13.9. The summed E-state index contributed by atoms with van der Waals surface area (Å²) in [4.78, 5) is 0. The molecule has 3 heteroatoms. The molecule has 0 amide bonds. The van der Waals surface area contributed by atoms with Crippen molar-refractivity contribution in [2.24, 2.45) is 5.10 Å². The van der Waals surface area contributed by atoms with Gasteiger partial charge in [0.2, 0.25) is 0 Å². The number of benzene rings is 1. The van der Waals surface area contributed by atoms with Crippen molar-refractivity contribution in [3.05, 3.63) is 53.3 Å². The molecular weight excluding hydrogens is 200 g/mol. The number of hydrogen-bond acceptors (Lipinski definition) is 2. The molecule has 16 heavy (non-hydrogen) atoms. The second kappa shape index (κ2) is 4.23. The van der Waals surface area contributed by atoms with Crippen molar-refractivity contribution in [1.29, 1.82) is 0 Å². The van der Waals surface area contributed by atoms with Crippen molar-refractivity contribution in [1.82, 2.24) is 4.68 Å². The van der Waals surface area contributed by atoms with E-state index in [0.717, 1.165) is 17.0 Å². The smallest absolute Gasteiger partial charge is 0.124 e. The molecule has 3 nitrogen and oxygen atoms in total. The number of aromatic hydroxyl groups is 1. The first-order valence-corrected chi connectivity index (χ1v) is 5.16. The lowest BCUT2D eigenvalue weighted by Crippen LogP contribution is -1.95. The summed E-state index contributed by atoms with van der Waals surface area (Å²) < 4.78 is 1.84. The third-order valence-corrected chi connectivity index (χ3v) is 2.48. The topological polar surface area (TPSA) is 37.5 Å². The number of nitrogens with zero attached hydrogens (tertiary/aromatic N) is 2. The molecule has 0 atom stereocenters. The summed E-state index contributed by atoms with van der Waals surface area (Å²) in [6.07, 6.45) is 1.66. The average molecular weight is 214 g/mol. The van der Waals surface area contributed by atoms with E-state index in [1.807, 2.05) is 42.8 Å². The second-order valence-corrected chi connectivity index (χ2v) is 3.73. The fraction of sp³-hybridized carbons (Fsp3) is 0.154. The van der Waals surface area contributed by atoms with Gasteiger partial charge in [0.1, 0.15) is 5.75 Å². The quantitative estimate of drug-likeness (QED) is 0.767. The third kappa shape index (κ3) is 1.98. The summed E-state index contributed by atoms with van der Waals surface area (Å²) in [5.41, 5.74) is 2.86. The molecule has 0 spiro atoms. The third-order valence-electron chi connectivity index (χ3n) is 2.48. The standard InChI is InChI=1S/C13H14N2O/c1-10-7-8-11(2)15(10)14-9-12-5-3-4-6-13(12)16/h3-9,16H,1-2H3/b14-9+. The number of aromatic nitrogens is 1. The molecule has 1 aromatic carbocycles. The van der Waals surface area contributed by atoms with E-state index in [9.17, 15) is 5.11 Å².